The molecule has 0 fully saturated rings. The number of carbonyl (C=O) groups excluding carboxylic acids is 1. The lowest BCUT2D eigenvalue weighted by Crippen LogP contribution is -2.55. The third kappa shape index (κ3) is 10.0. The maximum atomic E-state index is 13.1. The molecule has 43 heavy (non-hydrogen) atoms. The van der Waals surface area contributed by atoms with Crippen LogP contribution in [0, 0.1) is 0 Å². The summed E-state index contributed by atoms with van der Waals surface area (Å²) in [5.41, 5.74) is 3.89. The number of ether oxygens (including phenoxy) is 3. The van der Waals surface area contributed by atoms with E-state index in [1.54, 1.807) is 11.0 Å². The van der Waals surface area contributed by atoms with Gasteiger partial charge in [0.1, 0.15) is 18.3 Å². The molecule has 1 amide bonds. The molecule has 4 aromatic carbocycles. The fourth-order valence-corrected chi connectivity index (χ4v) is 4.96. The normalized spacial score (nSPS) is 13.9. The van der Waals surface area contributed by atoms with Crippen LogP contribution in [-0.2, 0) is 45.4 Å². The standard InChI is InChI=1S/C37H41NO5/c1-3-34(38(29(2)39)24-30-16-8-4-9-17-30)36(42-26-32-20-12-6-13-21-32)37(43-27-33-22-14-7-15-23-33)35(40)28-41-25-31-18-10-5-11-19-31/h3-23,34-37,40H,1,24-28H2,2H3/t34-,35+,36+,37+/m0/s1. The molecule has 4 atom stereocenters. The summed E-state index contributed by atoms with van der Waals surface area (Å²) in [5, 5.41) is 11.6. The molecule has 6 heteroatoms. The van der Waals surface area contributed by atoms with Crippen molar-refractivity contribution in [2.45, 2.75) is 57.6 Å². The van der Waals surface area contributed by atoms with Crippen molar-refractivity contribution < 1.29 is 24.1 Å². The van der Waals surface area contributed by atoms with E-state index in [0.717, 1.165) is 22.3 Å². The molecular weight excluding hydrogens is 538 g/mol. The van der Waals surface area contributed by atoms with Crippen LogP contribution in [0.15, 0.2) is 134 Å². The molecule has 0 saturated heterocycles. The van der Waals surface area contributed by atoms with Gasteiger partial charge in [0.05, 0.1) is 32.5 Å². The van der Waals surface area contributed by atoms with Crippen LogP contribution in [0.5, 0.6) is 0 Å². The zero-order valence-electron chi connectivity index (χ0n) is 24.7. The topological polar surface area (TPSA) is 68.2 Å². The number of aliphatic hydroxyl groups is 1. The minimum Gasteiger partial charge on any atom is -0.388 e. The van der Waals surface area contributed by atoms with E-state index >= 15 is 0 Å². The van der Waals surface area contributed by atoms with Crippen LogP contribution in [0.2, 0.25) is 0 Å². The Hall–Kier alpha value is -4.07. The van der Waals surface area contributed by atoms with Crippen molar-refractivity contribution in [3.05, 3.63) is 156 Å². The summed E-state index contributed by atoms with van der Waals surface area (Å²) in [7, 11) is 0. The van der Waals surface area contributed by atoms with Gasteiger partial charge in [-0.05, 0) is 22.3 Å². The molecule has 0 spiro atoms. The molecule has 0 heterocycles. The number of amides is 1. The van der Waals surface area contributed by atoms with Gasteiger partial charge in [-0.3, -0.25) is 4.79 Å². The van der Waals surface area contributed by atoms with Gasteiger partial charge >= 0.3 is 0 Å². The molecule has 0 aliphatic carbocycles. The Morgan fingerprint density at radius 2 is 1.12 bits per heavy atom. The molecule has 224 valence electrons. The van der Waals surface area contributed by atoms with Crippen molar-refractivity contribution in [1.82, 2.24) is 4.90 Å². The summed E-state index contributed by atoms with van der Waals surface area (Å²) >= 11 is 0. The minimum atomic E-state index is -1.05. The van der Waals surface area contributed by atoms with Gasteiger partial charge in [-0.15, -0.1) is 6.58 Å². The first-order chi connectivity index (χ1) is 21.0. The van der Waals surface area contributed by atoms with Crippen LogP contribution in [0.1, 0.15) is 29.2 Å². The second-order valence-electron chi connectivity index (χ2n) is 10.4. The number of hydrogen-bond donors (Lipinski definition) is 1. The number of aliphatic hydroxyl groups excluding tert-OH is 1. The monoisotopic (exact) mass is 579 g/mol. The Balaban J connectivity index is 1.64. The Morgan fingerprint density at radius 1 is 0.698 bits per heavy atom. The highest BCUT2D eigenvalue weighted by Crippen LogP contribution is 2.24. The van der Waals surface area contributed by atoms with Gasteiger partial charge in [0.15, 0.2) is 0 Å². The van der Waals surface area contributed by atoms with Crippen molar-refractivity contribution in [2.24, 2.45) is 0 Å². The van der Waals surface area contributed by atoms with Crippen LogP contribution in [0.25, 0.3) is 0 Å². The summed E-state index contributed by atoms with van der Waals surface area (Å²) < 4.78 is 19.0. The van der Waals surface area contributed by atoms with Crippen LogP contribution < -0.4 is 0 Å². The lowest BCUT2D eigenvalue weighted by atomic mass is 9.98. The Labute approximate surface area is 255 Å². The van der Waals surface area contributed by atoms with E-state index in [0.29, 0.717) is 13.2 Å². The van der Waals surface area contributed by atoms with Crippen LogP contribution in [0.3, 0.4) is 0 Å². The van der Waals surface area contributed by atoms with Gasteiger partial charge in [-0.2, -0.15) is 0 Å². The maximum absolute atomic E-state index is 13.1. The van der Waals surface area contributed by atoms with Crippen molar-refractivity contribution in [2.75, 3.05) is 6.61 Å². The predicted octanol–water partition coefficient (Wildman–Crippen LogP) is 6.34. The highest BCUT2D eigenvalue weighted by Gasteiger charge is 2.39. The fourth-order valence-electron chi connectivity index (χ4n) is 4.96. The highest BCUT2D eigenvalue weighted by molar-refractivity contribution is 5.74. The molecular formula is C37H41NO5. The quantitative estimate of drug-likeness (QED) is 0.148. The second kappa shape index (κ2) is 17.1. The molecule has 0 bridgehead atoms. The number of carbonyl (C=O) groups is 1. The second-order valence-corrected chi connectivity index (χ2v) is 10.4. The molecule has 0 aliphatic rings. The summed E-state index contributed by atoms with van der Waals surface area (Å²) in [4.78, 5) is 14.8. The van der Waals surface area contributed by atoms with Gasteiger partial charge in [-0.1, -0.05) is 127 Å². The molecule has 0 unspecified atom stereocenters. The van der Waals surface area contributed by atoms with Gasteiger partial charge in [-0.25, -0.2) is 0 Å². The molecule has 0 aliphatic heterocycles. The highest BCUT2D eigenvalue weighted by atomic mass is 16.6. The zero-order valence-corrected chi connectivity index (χ0v) is 24.7. The Kier molecular flexibility index (Phi) is 12.7. The zero-order chi connectivity index (χ0) is 30.3. The lowest BCUT2D eigenvalue weighted by molar-refractivity contribution is -0.167. The third-order valence-electron chi connectivity index (χ3n) is 7.21. The van der Waals surface area contributed by atoms with Crippen molar-refractivity contribution in [1.29, 1.82) is 0 Å². The number of nitrogens with zero attached hydrogens (tertiary/aromatic N) is 1. The van der Waals surface area contributed by atoms with E-state index in [2.05, 4.69) is 6.58 Å². The molecule has 0 aromatic heterocycles. The van der Waals surface area contributed by atoms with E-state index in [1.165, 1.54) is 6.92 Å². The molecule has 0 radical (unpaired) electrons. The van der Waals surface area contributed by atoms with E-state index in [1.807, 2.05) is 121 Å². The maximum Gasteiger partial charge on any atom is 0.220 e. The van der Waals surface area contributed by atoms with Gasteiger partial charge in [0.2, 0.25) is 5.91 Å². The van der Waals surface area contributed by atoms with E-state index < -0.39 is 24.4 Å². The first-order valence-corrected chi connectivity index (χ1v) is 14.6. The van der Waals surface area contributed by atoms with Crippen molar-refractivity contribution in [3.63, 3.8) is 0 Å². The molecule has 4 rings (SSSR count). The SMILES string of the molecule is C=C[C@@H]([C@@H](OCc1ccccc1)[C@H](OCc1ccccc1)[C@H](O)COCc1ccccc1)N(Cc1ccccc1)C(C)=O. The minimum absolute atomic E-state index is 0.0160. The number of hydrogen-bond acceptors (Lipinski definition) is 5. The van der Waals surface area contributed by atoms with Crippen LogP contribution >= 0.6 is 0 Å². The molecule has 0 saturated carbocycles. The van der Waals surface area contributed by atoms with Crippen molar-refractivity contribution >= 4 is 5.91 Å². The largest absolute Gasteiger partial charge is 0.388 e. The molecule has 4 aromatic rings. The lowest BCUT2D eigenvalue weighted by Gasteiger charge is -2.40. The van der Waals surface area contributed by atoms with Gasteiger partial charge in [0, 0.05) is 13.5 Å². The van der Waals surface area contributed by atoms with Crippen LogP contribution in [0.4, 0.5) is 0 Å². The van der Waals surface area contributed by atoms with Crippen molar-refractivity contribution in [3.8, 4) is 0 Å². The third-order valence-corrected chi connectivity index (χ3v) is 7.21. The average Bonchev–Trinajstić information content (AvgIpc) is 3.05. The summed E-state index contributed by atoms with van der Waals surface area (Å²) in [6, 6.07) is 38.6. The van der Waals surface area contributed by atoms with E-state index in [9.17, 15) is 9.90 Å². The molecule has 6 nitrogen and oxygen atoms in total. The summed E-state index contributed by atoms with van der Waals surface area (Å²) in [6.07, 6.45) is -0.956. The van der Waals surface area contributed by atoms with Crippen LogP contribution in [-0.4, -0.2) is 46.9 Å². The fraction of sp³-hybridized carbons (Fsp3) is 0.270. The van der Waals surface area contributed by atoms with E-state index in [-0.39, 0.29) is 25.7 Å². The Bertz CT molecular complexity index is 1350. The number of rotatable bonds is 17. The van der Waals surface area contributed by atoms with Gasteiger partial charge < -0.3 is 24.2 Å². The average molecular weight is 580 g/mol. The first kappa shape index (κ1) is 31.9. The number of benzene rings is 4. The summed E-state index contributed by atoms with van der Waals surface area (Å²) in [5.74, 6) is -0.140. The first-order valence-electron chi connectivity index (χ1n) is 14.6. The predicted molar refractivity (Wildman–Crippen MR) is 169 cm³/mol. The molecule has 1 N–H and O–H groups in total. The Morgan fingerprint density at radius 3 is 1.56 bits per heavy atom. The van der Waals surface area contributed by atoms with Gasteiger partial charge in [0.25, 0.3) is 0 Å². The summed E-state index contributed by atoms with van der Waals surface area (Å²) in [6.45, 7) is 6.85. The van der Waals surface area contributed by atoms with E-state index in [4.69, 9.17) is 14.2 Å². The smallest absolute Gasteiger partial charge is 0.220 e.